The van der Waals surface area contributed by atoms with Crippen LogP contribution in [0.3, 0.4) is 0 Å². The van der Waals surface area contributed by atoms with Gasteiger partial charge in [0.2, 0.25) is 10.0 Å². The Bertz CT molecular complexity index is 851. The molecule has 0 atom stereocenters. The maximum absolute atomic E-state index is 12.1. The van der Waals surface area contributed by atoms with Crippen LogP contribution in [-0.2, 0) is 16.6 Å². The summed E-state index contributed by atoms with van der Waals surface area (Å²) < 4.78 is 29.0. The van der Waals surface area contributed by atoms with Gasteiger partial charge in [0, 0.05) is 24.6 Å². The standard InChI is InChI=1S/C15H15N3O2S2/c1-12-16-8-9-18(12)14-6-4-13(5-7-14)11-17-22(19,20)15-3-2-10-21-15/h2-10,17H,11H2,1H3. The predicted octanol–water partition coefficient (Wildman–Crippen LogP) is 2.72. The SMILES string of the molecule is Cc1nccn1-c1ccc(CNS(=O)(=O)c2cccs2)cc1. The van der Waals surface area contributed by atoms with Crippen molar-refractivity contribution in [1.29, 1.82) is 0 Å². The molecule has 3 rings (SSSR count). The first-order valence-corrected chi connectivity index (χ1v) is 9.05. The van der Waals surface area contributed by atoms with E-state index in [4.69, 9.17) is 0 Å². The fraction of sp³-hybridized carbons (Fsp3) is 0.133. The highest BCUT2D eigenvalue weighted by molar-refractivity contribution is 7.91. The van der Waals surface area contributed by atoms with E-state index in [2.05, 4.69) is 9.71 Å². The van der Waals surface area contributed by atoms with Crippen LogP contribution in [0.2, 0.25) is 0 Å². The minimum atomic E-state index is -3.42. The highest BCUT2D eigenvalue weighted by Crippen LogP contribution is 2.16. The highest BCUT2D eigenvalue weighted by Gasteiger charge is 2.14. The van der Waals surface area contributed by atoms with Crippen LogP contribution in [0.5, 0.6) is 0 Å². The van der Waals surface area contributed by atoms with Crippen molar-refractivity contribution in [3.05, 3.63) is 65.6 Å². The fourth-order valence-corrected chi connectivity index (χ4v) is 4.15. The molecule has 1 aromatic carbocycles. The van der Waals surface area contributed by atoms with Gasteiger partial charge < -0.3 is 4.57 Å². The number of sulfonamides is 1. The van der Waals surface area contributed by atoms with Crippen molar-refractivity contribution in [2.45, 2.75) is 17.7 Å². The third-order valence-electron chi connectivity index (χ3n) is 3.27. The van der Waals surface area contributed by atoms with Crippen LogP contribution >= 0.6 is 11.3 Å². The van der Waals surface area contributed by atoms with Crippen LogP contribution in [0.4, 0.5) is 0 Å². The van der Waals surface area contributed by atoms with Crippen LogP contribution in [0.25, 0.3) is 5.69 Å². The number of aromatic nitrogens is 2. The van der Waals surface area contributed by atoms with Crippen LogP contribution < -0.4 is 4.72 Å². The Morgan fingerprint density at radius 3 is 2.59 bits per heavy atom. The van der Waals surface area contributed by atoms with Crippen molar-refractivity contribution in [3.63, 3.8) is 0 Å². The van der Waals surface area contributed by atoms with Gasteiger partial charge in [0.15, 0.2) is 0 Å². The summed E-state index contributed by atoms with van der Waals surface area (Å²) in [5.74, 6) is 0.908. The number of nitrogens with zero attached hydrogens (tertiary/aromatic N) is 2. The summed E-state index contributed by atoms with van der Waals surface area (Å²) in [6, 6.07) is 11.0. The zero-order valence-electron chi connectivity index (χ0n) is 11.9. The number of hydrogen-bond donors (Lipinski definition) is 1. The molecule has 0 spiro atoms. The lowest BCUT2D eigenvalue weighted by atomic mass is 10.2. The monoisotopic (exact) mass is 333 g/mol. The van der Waals surface area contributed by atoms with Crippen molar-refractivity contribution < 1.29 is 8.42 Å². The molecule has 0 aliphatic carbocycles. The van der Waals surface area contributed by atoms with Crippen molar-refractivity contribution in [3.8, 4) is 5.69 Å². The minimum absolute atomic E-state index is 0.267. The van der Waals surface area contributed by atoms with Crippen LogP contribution in [0, 0.1) is 6.92 Å². The first kappa shape index (κ1) is 15.0. The Morgan fingerprint density at radius 1 is 1.23 bits per heavy atom. The average molecular weight is 333 g/mol. The van der Waals surface area contributed by atoms with E-state index in [0.29, 0.717) is 4.21 Å². The van der Waals surface area contributed by atoms with E-state index < -0.39 is 10.0 Å². The van der Waals surface area contributed by atoms with Crippen LogP contribution in [0.15, 0.2) is 58.4 Å². The number of rotatable bonds is 5. The summed E-state index contributed by atoms with van der Waals surface area (Å²) in [6.45, 7) is 2.20. The summed E-state index contributed by atoms with van der Waals surface area (Å²) in [7, 11) is -3.42. The summed E-state index contributed by atoms with van der Waals surface area (Å²) in [5, 5.41) is 1.75. The van der Waals surface area contributed by atoms with Crippen molar-refractivity contribution in [2.24, 2.45) is 0 Å². The molecule has 5 nitrogen and oxygen atoms in total. The molecule has 2 heterocycles. The van der Waals surface area contributed by atoms with Crippen molar-refractivity contribution in [2.75, 3.05) is 0 Å². The molecule has 114 valence electrons. The maximum Gasteiger partial charge on any atom is 0.250 e. The van der Waals surface area contributed by atoms with E-state index >= 15 is 0 Å². The van der Waals surface area contributed by atoms with Gasteiger partial charge in [0.25, 0.3) is 0 Å². The predicted molar refractivity (Wildman–Crippen MR) is 86.6 cm³/mol. The van der Waals surface area contributed by atoms with Gasteiger partial charge in [0.05, 0.1) is 0 Å². The lowest BCUT2D eigenvalue weighted by Gasteiger charge is -2.08. The second-order valence-electron chi connectivity index (χ2n) is 4.77. The smallest absolute Gasteiger partial charge is 0.250 e. The van der Waals surface area contributed by atoms with E-state index in [1.165, 1.54) is 11.3 Å². The van der Waals surface area contributed by atoms with E-state index in [-0.39, 0.29) is 6.54 Å². The molecule has 1 N–H and O–H groups in total. The van der Waals surface area contributed by atoms with Gasteiger partial charge in [-0.1, -0.05) is 18.2 Å². The Balaban J connectivity index is 1.71. The summed E-state index contributed by atoms with van der Waals surface area (Å²) >= 11 is 1.21. The largest absolute Gasteiger partial charge is 0.304 e. The number of aryl methyl sites for hydroxylation is 1. The minimum Gasteiger partial charge on any atom is -0.304 e. The maximum atomic E-state index is 12.1. The van der Waals surface area contributed by atoms with Gasteiger partial charge in [-0.05, 0) is 36.1 Å². The van der Waals surface area contributed by atoms with E-state index in [0.717, 1.165) is 17.1 Å². The third kappa shape index (κ3) is 3.11. The number of hydrogen-bond acceptors (Lipinski definition) is 4. The molecular formula is C15H15N3O2S2. The van der Waals surface area contributed by atoms with Crippen molar-refractivity contribution in [1.82, 2.24) is 14.3 Å². The highest BCUT2D eigenvalue weighted by atomic mass is 32.2. The molecule has 0 bridgehead atoms. The molecule has 7 heteroatoms. The number of benzene rings is 1. The normalized spacial score (nSPS) is 11.7. The molecular weight excluding hydrogens is 318 g/mol. The molecule has 22 heavy (non-hydrogen) atoms. The molecule has 0 amide bonds. The van der Waals surface area contributed by atoms with Gasteiger partial charge >= 0.3 is 0 Å². The third-order valence-corrected chi connectivity index (χ3v) is 6.07. The molecule has 0 fully saturated rings. The van der Waals surface area contributed by atoms with E-state index in [9.17, 15) is 8.42 Å². The molecule has 0 aliphatic rings. The van der Waals surface area contributed by atoms with E-state index in [1.807, 2.05) is 42.0 Å². The first-order valence-electron chi connectivity index (χ1n) is 6.69. The van der Waals surface area contributed by atoms with Gasteiger partial charge in [-0.3, -0.25) is 0 Å². The number of imidazole rings is 1. The summed E-state index contributed by atoms with van der Waals surface area (Å²) in [4.78, 5) is 4.18. The van der Waals surface area contributed by atoms with Gasteiger partial charge in [0.1, 0.15) is 10.0 Å². The Kier molecular flexibility index (Phi) is 4.10. The fourth-order valence-electron chi connectivity index (χ4n) is 2.09. The molecule has 2 aromatic heterocycles. The average Bonchev–Trinajstić information content (AvgIpc) is 3.17. The van der Waals surface area contributed by atoms with E-state index in [1.54, 1.807) is 23.7 Å². The molecule has 0 radical (unpaired) electrons. The topological polar surface area (TPSA) is 64.0 Å². The molecule has 0 saturated carbocycles. The Labute approximate surface area is 133 Å². The second-order valence-corrected chi connectivity index (χ2v) is 7.71. The molecule has 0 saturated heterocycles. The lowest BCUT2D eigenvalue weighted by molar-refractivity contribution is 0.583. The number of thiophene rings is 1. The number of nitrogens with one attached hydrogen (secondary N) is 1. The van der Waals surface area contributed by atoms with Crippen LogP contribution in [-0.4, -0.2) is 18.0 Å². The molecule has 3 aromatic rings. The van der Waals surface area contributed by atoms with Gasteiger partial charge in [-0.2, -0.15) is 0 Å². The van der Waals surface area contributed by atoms with Crippen LogP contribution in [0.1, 0.15) is 11.4 Å². The Morgan fingerprint density at radius 2 is 2.00 bits per heavy atom. The zero-order valence-corrected chi connectivity index (χ0v) is 13.6. The Hall–Kier alpha value is -1.96. The lowest BCUT2D eigenvalue weighted by Crippen LogP contribution is -2.22. The second kappa shape index (κ2) is 6.04. The van der Waals surface area contributed by atoms with Gasteiger partial charge in [-0.25, -0.2) is 18.1 Å². The summed E-state index contributed by atoms with van der Waals surface area (Å²) in [5.41, 5.74) is 1.90. The quantitative estimate of drug-likeness (QED) is 0.781. The van der Waals surface area contributed by atoms with Gasteiger partial charge in [-0.15, -0.1) is 11.3 Å². The molecule has 0 aliphatic heterocycles. The zero-order chi connectivity index (χ0) is 15.6. The first-order chi connectivity index (χ1) is 10.6. The molecule has 0 unspecified atom stereocenters. The van der Waals surface area contributed by atoms with Crippen molar-refractivity contribution >= 4 is 21.4 Å². The summed E-state index contributed by atoms with van der Waals surface area (Å²) in [6.07, 6.45) is 3.64.